The van der Waals surface area contributed by atoms with Crippen LogP contribution in [0.5, 0.6) is 0 Å². The number of carbonyl (C=O) groups is 2. The van der Waals surface area contributed by atoms with Gasteiger partial charge in [0.1, 0.15) is 17.0 Å². The highest BCUT2D eigenvalue weighted by atomic mass is 16.6. The van der Waals surface area contributed by atoms with Gasteiger partial charge in [-0.1, -0.05) is 6.07 Å². The summed E-state index contributed by atoms with van der Waals surface area (Å²) in [6.45, 7) is 15.5. The second-order valence-electron chi connectivity index (χ2n) is 10.6. The Morgan fingerprint density at radius 3 is 1.75 bits per heavy atom. The van der Waals surface area contributed by atoms with E-state index in [2.05, 4.69) is 17.0 Å². The summed E-state index contributed by atoms with van der Waals surface area (Å²) in [4.78, 5) is 35.0. The summed E-state index contributed by atoms with van der Waals surface area (Å²) in [6.07, 6.45) is 3.31. The van der Waals surface area contributed by atoms with Crippen LogP contribution in [0.2, 0.25) is 0 Å². The predicted octanol–water partition coefficient (Wildman–Crippen LogP) is 4.25. The molecule has 0 N–H and O–H groups in total. The van der Waals surface area contributed by atoms with Gasteiger partial charge < -0.3 is 24.2 Å². The first-order chi connectivity index (χ1) is 14.9. The molecule has 32 heavy (non-hydrogen) atoms. The van der Waals surface area contributed by atoms with E-state index in [0.29, 0.717) is 32.1 Å². The summed E-state index contributed by atoms with van der Waals surface area (Å²) in [6, 6.07) is 4.22. The molecule has 2 aliphatic rings. The van der Waals surface area contributed by atoms with Crippen molar-refractivity contribution in [1.29, 1.82) is 0 Å². The summed E-state index contributed by atoms with van der Waals surface area (Å²) >= 11 is 0. The third-order valence-corrected chi connectivity index (χ3v) is 5.64. The van der Waals surface area contributed by atoms with Crippen LogP contribution in [0.15, 0.2) is 18.3 Å². The van der Waals surface area contributed by atoms with Crippen LogP contribution in [-0.2, 0) is 9.47 Å². The normalized spacial score (nSPS) is 18.5. The van der Waals surface area contributed by atoms with Crippen molar-refractivity contribution in [3.05, 3.63) is 23.9 Å². The van der Waals surface area contributed by atoms with Gasteiger partial charge in [-0.15, -0.1) is 0 Å². The lowest BCUT2D eigenvalue weighted by atomic mass is 9.90. The number of aromatic nitrogens is 1. The third kappa shape index (κ3) is 6.74. The Morgan fingerprint density at radius 1 is 0.812 bits per heavy atom. The highest BCUT2D eigenvalue weighted by molar-refractivity contribution is 5.69. The van der Waals surface area contributed by atoms with Crippen molar-refractivity contribution in [2.45, 2.75) is 71.5 Å². The molecule has 0 aliphatic carbocycles. The van der Waals surface area contributed by atoms with E-state index in [9.17, 15) is 9.59 Å². The second kappa shape index (κ2) is 9.55. The smallest absolute Gasteiger partial charge is 0.410 e. The Morgan fingerprint density at radius 2 is 1.31 bits per heavy atom. The number of piperidine rings is 1. The molecule has 8 heteroatoms. The molecule has 0 atom stereocenters. The molecule has 0 radical (unpaired) electrons. The highest BCUT2D eigenvalue weighted by Gasteiger charge is 2.29. The van der Waals surface area contributed by atoms with E-state index < -0.39 is 11.2 Å². The maximum absolute atomic E-state index is 12.3. The van der Waals surface area contributed by atoms with Gasteiger partial charge in [0.05, 0.1) is 0 Å². The number of ether oxygens (including phenoxy) is 2. The zero-order valence-corrected chi connectivity index (χ0v) is 20.4. The van der Waals surface area contributed by atoms with Crippen LogP contribution >= 0.6 is 0 Å². The van der Waals surface area contributed by atoms with Crippen LogP contribution in [0.4, 0.5) is 15.4 Å². The minimum atomic E-state index is -0.478. The summed E-state index contributed by atoms with van der Waals surface area (Å²) in [7, 11) is 0. The second-order valence-corrected chi connectivity index (χ2v) is 10.6. The van der Waals surface area contributed by atoms with Gasteiger partial charge in [0.2, 0.25) is 0 Å². The van der Waals surface area contributed by atoms with Gasteiger partial charge in [0.25, 0.3) is 0 Å². The van der Waals surface area contributed by atoms with E-state index in [1.807, 2.05) is 47.7 Å². The lowest BCUT2D eigenvalue weighted by Crippen LogP contribution is -2.50. The number of nitrogens with zero attached hydrogens (tertiary/aromatic N) is 4. The average Bonchev–Trinajstić information content (AvgIpc) is 2.72. The molecule has 1 aromatic heterocycles. The van der Waals surface area contributed by atoms with Crippen LogP contribution in [0.25, 0.3) is 0 Å². The number of anilines is 1. The Bertz CT molecular complexity index is 715. The molecule has 3 heterocycles. The minimum Gasteiger partial charge on any atom is -0.444 e. The summed E-state index contributed by atoms with van der Waals surface area (Å²) < 4.78 is 11.0. The molecule has 8 nitrogen and oxygen atoms in total. The molecule has 0 unspecified atom stereocenters. The molecule has 0 aromatic carbocycles. The molecule has 1 aromatic rings. The molecule has 3 rings (SSSR count). The number of rotatable bonds is 2. The fourth-order valence-electron chi connectivity index (χ4n) is 3.99. The molecule has 2 fully saturated rings. The molecule has 0 saturated carbocycles. The van der Waals surface area contributed by atoms with Crippen molar-refractivity contribution in [2.24, 2.45) is 0 Å². The first-order valence-corrected chi connectivity index (χ1v) is 11.6. The van der Waals surface area contributed by atoms with Crippen molar-refractivity contribution in [1.82, 2.24) is 14.8 Å². The van der Waals surface area contributed by atoms with Crippen molar-refractivity contribution >= 4 is 18.0 Å². The topological polar surface area (TPSA) is 75.2 Å². The van der Waals surface area contributed by atoms with Crippen LogP contribution in [-0.4, -0.2) is 77.4 Å². The van der Waals surface area contributed by atoms with E-state index >= 15 is 0 Å². The maximum Gasteiger partial charge on any atom is 0.410 e. The maximum atomic E-state index is 12.3. The molecule has 2 aliphatic heterocycles. The standard InChI is InChI=1S/C24H38N4O4/c1-23(2,3)31-21(29)27-11-9-18(10-12-27)19-7-8-20(25-17-19)26-13-15-28(16-14-26)22(30)32-24(4,5)6/h7-8,17-18H,9-16H2,1-6H3. The molecular weight excluding hydrogens is 408 g/mol. The van der Waals surface area contributed by atoms with Crippen LogP contribution in [0.1, 0.15) is 65.9 Å². The van der Waals surface area contributed by atoms with Gasteiger partial charge >= 0.3 is 12.2 Å². The highest BCUT2D eigenvalue weighted by Crippen LogP contribution is 2.29. The van der Waals surface area contributed by atoms with Crippen molar-refractivity contribution < 1.29 is 19.1 Å². The van der Waals surface area contributed by atoms with E-state index in [1.54, 1.807) is 9.80 Å². The van der Waals surface area contributed by atoms with Gasteiger partial charge in [0, 0.05) is 45.5 Å². The monoisotopic (exact) mass is 446 g/mol. The first kappa shape index (κ1) is 24.1. The molecule has 0 bridgehead atoms. The number of likely N-dealkylation sites (tertiary alicyclic amines) is 1. The third-order valence-electron chi connectivity index (χ3n) is 5.64. The number of carbonyl (C=O) groups excluding carboxylic acids is 2. The summed E-state index contributed by atoms with van der Waals surface area (Å²) in [5, 5.41) is 0. The molecule has 2 amide bonds. The van der Waals surface area contributed by atoms with E-state index in [0.717, 1.165) is 31.7 Å². The van der Waals surface area contributed by atoms with Crippen LogP contribution in [0.3, 0.4) is 0 Å². The lowest BCUT2D eigenvalue weighted by Gasteiger charge is -2.36. The lowest BCUT2D eigenvalue weighted by molar-refractivity contribution is 0.0201. The van der Waals surface area contributed by atoms with Crippen molar-refractivity contribution in [2.75, 3.05) is 44.2 Å². The molecule has 178 valence electrons. The first-order valence-electron chi connectivity index (χ1n) is 11.6. The Labute approximate surface area is 191 Å². The number of amides is 2. The van der Waals surface area contributed by atoms with Gasteiger partial charge in [-0.25, -0.2) is 14.6 Å². The molecule has 2 saturated heterocycles. The fraction of sp³-hybridized carbons (Fsp3) is 0.708. The van der Waals surface area contributed by atoms with E-state index in [4.69, 9.17) is 14.5 Å². The van der Waals surface area contributed by atoms with Crippen molar-refractivity contribution in [3.63, 3.8) is 0 Å². The fourth-order valence-corrected chi connectivity index (χ4v) is 3.99. The average molecular weight is 447 g/mol. The van der Waals surface area contributed by atoms with Gasteiger partial charge in [0.15, 0.2) is 0 Å². The summed E-state index contributed by atoms with van der Waals surface area (Å²) in [5.41, 5.74) is 0.269. The largest absolute Gasteiger partial charge is 0.444 e. The number of hydrogen-bond acceptors (Lipinski definition) is 6. The Hall–Kier alpha value is -2.51. The van der Waals surface area contributed by atoms with Gasteiger partial charge in [-0.2, -0.15) is 0 Å². The molecule has 0 spiro atoms. The predicted molar refractivity (Wildman–Crippen MR) is 124 cm³/mol. The van der Waals surface area contributed by atoms with Gasteiger partial charge in [-0.3, -0.25) is 0 Å². The molecular formula is C24H38N4O4. The van der Waals surface area contributed by atoms with Crippen LogP contribution < -0.4 is 4.90 Å². The SMILES string of the molecule is CC(C)(C)OC(=O)N1CCC(c2ccc(N3CCN(C(=O)OC(C)(C)C)CC3)nc2)CC1. The van der Waals surface area contributed by atoms with E-state index in [1.165, 1.54) is 5.56 Å². The Kier molecular flexibility index (Phi) is 7.20. The van der Waals surface area contributed by atoms with Crippen molar-refractivity contribution in [3.8, 4) is 0 Å². The minimum absolute atomic E-state index is 0.227. The summed E-state index contributed by atoms with van der Waals surface area (Å²) in [5.74, 6) is 1.34. The number of hydrogen-bond donors (Lipinski definition) is 0. The Balaban J connectivity index is 1.48. The zero-order valence-electron chi connectivity index (χ0n) is 20.4. The van der Waals surface area contributed by atoms with Gasteiger partial charge in [-0.05, 0) is 71.9 Å². The number of piperazine rings is 1. The van der Waals surface area contributed by atoms with Crippen LogP contribution in [0, 0.1) is 0 Å². The zero-order chi connectivity index (χ0) is 23.5. The van der Waals surface area contributed by atoms with E-state index in [-0.39, 0.29) is 12.2 Å². The quantitative estimate of drug-likeness (QED) is 0.676. The number of pyridine rings is 1.